The molecule has 1 aromatic rings. The maximum Gasteiger partial charge on any atom is 0.321 e. The van der Waals surface area contributed by atoms with Crippen LogP contribution in [0, 0.1) is 19.8 Å². The van der Waals surface area contributed by atoms with Gasteiger partial charge in [-0.25, -0.2) is 0 Å². The van der Waals surface area contributed by atoms with Crippen molar-refractivity contribution >= 4 is 17.6 Å². The Hall–Kier alpha value is -1.88. The van der Waals surface area contributed by atoms with Crippen LogP contribution in [0.5, 0.6) is 0 Å². The van der Waals surface area contributed by atoms with E-state index < -0.39 is 12.0 Å². The average molecular weight is 348 g/mol. The summed E-state index contributed by atoms with van der Waals surface area (Å²) in [5.74, 6) is -0.822. The summed E-state index contributed by atoms with van der Waals surface area (Å²) in [6, 6.07) is 4.93. The van der Waals surface area contributed by atoms with E-state index in [1.807, 2.05) is 32.0 Å². The third-order valence-electron chi connectivity index (χ3n) is 4.39. The van der Waals surface area contributed by atoms with Crippen LogP contribution in [0.15, 0.2) is 18.2 Å². The Balaban J connectivity index is 2.58. The minimum atomic E-state index is -0.985. The third-order valence-corrected chi connectivity index (χ3v) is 4.39. The van der Waals surface area contributed by atoms with Gasteiger partial charge < -0.3 is 15.7 Å². The van der Waals surface area contributed by atoms with E-state index in [2.05, 4.69) is 24.5 Å². The van der Waals surface area contributed by atoms with Gasteiger partial charge in [0.05, 0.1) is 6.42 Å². The van der Waals surface area contributed by atoms with Gasteiger partial charge >= 0.3 is 5.97 Å². The molecule has 25 heavy (non-hydrogen) atoms. The highest BCUT2D eigenvalue weighted by molar-refractivity contribution is 5.94. The summed E-state index contributed by atoms with van der Waals surface area (Å²) in [4.78, 5) is 23.7. The maximum atomic E-state index is 12.2. The molecule has 0 aliphatic rings. The summed E-state index contributed by atoms with van der Waals surface area (Å²) in [6.07, 6.45) is 4.30. The monoisotopic (exact) mass is 348 g/mol. The summed E-state index contributed by atoms with van der Waals surface area (Å²) >= 11 is 0. The second kappa shape index (κ2) is 10.9. The topological polar surface area (TPSA) is 78.4 Å². The number of hydrogen-bond donors (Lipinski definition) is 3. The molecule has 0 fully saturated rings. The Kier molecular flexibility index (Phi) is 9.21. The van der Waals surface area contributed by atoms with Crippen LogP contribution in [0.1, 0.15) is 57.1 Å². The molecule has 0 saturated carbocycles. The molecule has 0 spiro atoms. The molecule has 3 N–H and O–H groups in total. The molecule has 0 aliphatic carbocycles. The van der Waals surface area contributed by atoms with Crippen molar-refractivity contribution in [3.05, 3.63) is 29.3 Å². The van der Waals surface area contributed by atoms with E-state index in [9.17, 15) is 14.7 Å². The summed E-state index contributed by atoms with van der Waals surface area (Å²) < 4.78 is 0. The van der Waals surface area contributed by atoms with Crippen molar-refractivity contribution < 1.29 is 14.7 Å². The Morgan fingerprint density at radius 1 is 1.12 bits per heavy atom. The number of carboxylic acids is 1. The van der Waals surface area contributed by atoms with Crippen LogP contribution < -0.4 is 10.6 Å². The molecule has 0 radical (unpaired) electrons. The number of aryl methyl sites for hydroxylation is 2. The number of carbonyl (C=O) groups is 2. The lowest BCUT2D eigenvalue weighted by Crippen LogP contribution is -2.42. The Bertz CT molecular complexity index is 552. The minimum Gasteiger partial charge on any atom is -0.480 e. The molecule has 140 valence electrons. The molecular formula is C20H32N2O3. The van der Waals surface area contributed by atoms with Gasteiger partial charge in [-0.3, -0.25) is 9.59 Å². The normalized spacial score (nSPS) is 13.3. The number of aliphatic carboxylic acids is 1. The summed E-state index contributed by atoms with van der Waals surface area (Å²) in [6.45, 7) is 8.82. The highest BCUT2D eigenvalue weighted by atomic mass is 16.4. The van der Waals surface area contributed by atoms with Crippen molar-refractivity contribution in [1.82, 2.24) is 5.32 Å². The van der Waals surface area contributed by atoms with E-state index >= 15 is 0 Å². The molecule has 0 heterocycles. The zero-order chi connectivity index (χ0) is 18.8. The molecule has 0 aliphatic heterocycles. The Morgan fingerprint density at radius 3 is 2.28 bits per heavy atom. The summed E-state index contributed by atoms with van der Waals surface area (Å²) in [5.41, 5.74) is 2.83. The van der Waals surface area contributed by atoms with E-state index in [0.717, 1.165) is 36.8 Å². The van der Waals surface area contributed by atoms with Gasteiger partial charge in [0.15, 0.2) is 0 Å². The predicted octanol–water partition coefficient (Wildman–Crippen LogP) is 3.89. The fraction of sp³-hybridized carbons (Fsp3) is 0.600. The first-order chi connectivity index (χ1) is 11.8. The van der Waals surface area contributed by atoms with Gasteiger partial charge in [-0.15, -0.1) is 0 Å². The first-order valence-electron chi connectivity index (χ1n) is 9.20. The van der Waals surface area contributed by atoms with E-state index in [4.69, 9.17) is 0 Å². The van der Waals surface area contributed by atoms with Crippen LogP contribution in [0.2, 0.25) is 0 Å². The standard InChI is InChI=1S/C20H32N2O3/c1-5-7-8-16(6-2)13-21-18(20(24)25)12-19(23)22-17-10-14(3)9-15(4)11-17/h9-11,16,18,21H,5-8,12-13H2,1-4H3,(H,22,23)(H,24,25). The Morgan fingerprint density at radius 2 is 1.76 bits per heavy atom. The smallest absolute Gasteiger partial charge is 0.321 e. The van der Waals surface area contributed by atoms with Crippen LogP contribution in [0.25, 0.3) is 0 Å². The number of carboxylic acid groups (broad SMARTS) is 1. The lowest BCUT2D eigenvalue weighted by Gasteiger charge is -2.19. The van der Waals surface area contributed by atoms with Crippen molar-refractivity contribution in [1.29, 1.82) is 0 Å². The highest BCUT2D eigenvalue weighted by Gasteiger charge is 2.22. The van der Waals surface area contributed by atoms with Crippen molar-refractivity contribution in [3.8, 4) is 0 Å². The second-order valence-corrected chi connectivity index (χ2v) is 6.84. The molecule has 5 heteroatoms. The number of benzene rings is 1. The quantitative estimate of drug-likeness (QED) is 0.567. The van der Waals surface area contributed by atoms with E-state index in [1.54, 1.807) is 0 Å². The Labute approximate surface area is 151 Å². The van der Waals surface area contributed by atoms with Gasteiger partial charge in [0.2, 0.25) is 5.91 Å². The van der Waals surface area contributed by atoms with Crippen LogP contribution in [0.4, 0.5) is 5.69 Å². The predicted molar refractivity (Wildman–Crippen MR) is 102 cm³/mol. The molecule has 2 unspecified atom stereocenters. The number of carbonyl (C=O) groups excluding carboxylic acids is 1. The minimum absolute atomic E-state index is 0.0769. The highest BCUT2D eigenvalue weighted by Crippen LogP contribution is 2.15. The van der Waals surface area contributed by atoms with Crippen molar-refractivity contribution in [3.63, 3.8) is 0 Å². The fourth-order valence-electron chi connectivity index (χ4n) is 2.94. The molecule has 5 nitrogen and oxygen atoms in total. The lowest BCUT2D eigenvalue weighted by molar-refractivity contribution is -0.141. The first-order valence-corrected chi connectivity index (χ1v) is 9.20. The zero-order valence-electron chi connectivity index (χ0n) is 15.9. The van der Waals surface area contributed by atoms with E-state index in [0.29, 0.717) is 18.2 Å². The van der Waals surface area contributed by atoms with E-state index in [-0.39, 0.29) is 12.3 Å². The molecule has 1 aromatic carbocycles. The molecule has 1 amide bonds. The molecule has 0 bridgehead atoms. The van der Waals surface area contributed by atoms with Gasteiger partial charge in [-0.05, 0) is 56.0 Å². The molecule has 0 aromatic heterocycles. The third kappa shape index (κ3) is 8.16. The van der Waals surface area contributed by atoms with Gasteiger partial charge in [0.25, 0.3) is 0 Å². The van der Waals surface area contributed by atoms with Crippen LogP contribution in [-0.2, 0) is 9.59 Å². The zero-order valence-corrected chi connectivity index (χ0v) is 15.9. The number of nitrogens with one attached hydrogen (secondary N) is 2. The van der Waals surface area contributed by atoms with E-state index in [1.165, 1.54) is 0 Å². The second-order valence-electron chi connectivity index (χ2n) is 6.84. The molecule has 1 rings (SSSR count). The average Bonchev–Trinajstić information content (AvgIpc) is 2.52. The van der Waals surface area contributed by atoms with Crippen molar-refractivity contribution in [2.24, 2.45) is 5.92 Å². The summed E-state index contributed by atoms with van der Waals surface area (Å²) in [5, 5.41) is 15.3. The van der Waals surface area contributed by atoms with Crippen LogP contribution >= 0.6 is 0 Å². The number of unbranched alkanes of at least 4 members (excludes halogenated alkanes) is 1. The first kappa shape index (κ1) is 21.2. The van der Waals surface area contributed by atoms with Crippen LogP contribution in [0.3, 0.4) is 0 Å². The largest absolute Gasteiger partial charge is 0.480 e. The SMILES string of the molecule is CCCCC(CC)CNC(CC(=O)Nc1cc(C)cc(C)c1)C(=O)O. The molecule has 0 saturated heterocycles. The molecule has 2 atom stereocenters. The van der Waals surface area contributed by atoms with Gasteiger partial charge in [0, 0.05) is 5.69 Å². The fourth-order valence-corrected chi connectivity index (χ4v) is 2.94. The number of hydrogen-bond acceptors (Lipinski definition) is 3. The number of amides is 1. The summed E-state index contributed by atoms with van der Waals surface area (Å²) in [7, 11) is 0. The number of anilines is 1. The molecular weight excluding hydrogens is 316 g/mol. The number of rotatable bonds is 11. The van der Waals surface area contributed by atoms with Crippen LogP contribution in [-0.4, -0.2) is 29.6 Å². The van der Waals surface area contributed by atoms with Gasteiger partial charge in [-0.1, -0.05) is 39.2 Å². The van der Waals surface area contributed by atoms with Crippen molar-refractivity contribution in [2.45, 2.75) is 65.8 Å². The lowest BCUT2D eigenvalue weighted by atomic mass is 9.99. The van der Waals surface area contributed by atoms with Gasteiger partial charge in [-0.2, -0.15) is 0 Å². The van der Waals surface area contributed by atoms with Crippen molar-refractivity contribution in [2.75, 3.05) is 11.9 Å². The van der Waals surface area contributed by atoms with Gasteiger partial charge in [0.1, 0.15) is 6.04 Å². The maximum absolute atomic E-state index is 12.2.